The second-order valence-electron chi connectivity index (χ2n) is 7.03. The van der Waals surface area contributed by atoms with Crippen molar-refractivity contribution in [2.75, 3.05) is 67.2 Å². The van der Waals surface area contributed by atoms with Crippen molar-refractivity contribution < 1.29 is 4.74 Å². The maximum atomic E-state index is 5.44. The monoisotopic (exact) mass is 381 g/mol. The molecule has 2 fully saturated rings. The van der Waals surface area contributed by atoms with Crippen LogP contribution in [0.15, 0.2) is 25.0 Å². The van der Waals surface area contributed by atoms with E-state index in [1.807, 2.05) is 11.6 Å². The number of imidazole rings is 1. The molecule has 0 aromatic carbocycles. The Hall–Kier alpha value is -3.01. The van der Waals surface area contributed by atoms with E-state index < -0.39 is 0 Å². The average molecular weight is 381 g/mol. The summed E-state index contributed by atoms with van der Waals surface area (Å²) in [5.41, 5.74) is 1.72. The van der Waals surface area contributed by atoms with Gasteiger partial charge in [-0.25, -0.2) is 24.9 Å². The molecule has 28 heavy (non-hydrogen) atoms. The van der Waals surface area contributed by atoms with Crippen LogP contribution in [0.5, 0.6) is 0 Å². The molecule has 3 aromatic rings. The van der Waals surface area contributed by atoms with Crippen molar-refractivity contribution in [3.63, 3.8) is 0 Å². The number of aryl methyl sites for hydroxylation is 1. The van der Waals surface area contributed by atoms with Crippen LogP contribution in [-0.2, 0) is 11.8 Å². The minimum absolute atomic E-state index is 0.749. The first-order chi connectivity index (χ1) is 13.8. The van der Waals surface area contributed by atoms with Gasteiger partial charge in [0.25, 0.3) is 0 Å². The standard InChI is InChI=1S/C18H23N9O/c1-24-13-23-16-17(24)21-12-22-18(16)27-4-2-25(3-5-27)14-10-15(20-11-19-14)26-6-8-28-9-7-26/h10-13H,2-9H2,1H3. The number of fused-ring (bicyclic) bond motifs is 1. The second kappa shape index (κ2) is 7.19. The molecule has 5 rings (SSSR count). The third kappa shape index (κ3) is 3.09. The number of ether oxygens (including phenoxy) is 1. The topological polar surface area (TPSA) is 88.3 Å². The van der Waals surface area contributed by atoms with Crippen LogP contribution in [0.2, 0.25) is 0 Å². The summed E-state index contributed by atoms with van der Waals surface area (Å²) >= 11 is 0. The van der Waals surface area contributed by atoms with E-state index in [-0.39, 0.29) is 0 Å². The average Bonchev–Trinajstić information content (AvgIpc) is 3.16. The molecule has 0 unspecified atom stereocenters. The summed E-state index contributed by atoms with van der Waals surface area (Å²) in [7, 11) is 1.95. The minimum atomic E-state index is 0.749. The highest BCUT2D eigenvalue weighted by Gasteiger charge is 2.23. The number of piperazine rings is 1. The summed E-state index contributed by atoms with van der Waals surface area (Å²) in [5.74, 6) is 2.85. The van der Waals surface area contributed by atoms with Crippen molar-refractivity contribution in [2.45, 2.75) is 0 Å². The Balaban J connectivity index is 1.30. The molecule has 0 saturated carbocycles. The first kappa shape index (κ1) is 17.1. The highest BCUT2D eigenvalue weighted by Crippen LogP contribution is 2.24. The maximum Gasteiger partial charge on any atom is 0.165 e. The van der Waals surface area contributed by atoms with Crippen molar-refractivity contribution in [3.8, 4) is 0 Å². The number of nitrogens with zero attached hydrogens (tertiary/aromatic N) is 9. The van der Waals surface area contributed by atoms with Crippen molar-refractivity contribution >= 4 is 28.6 Å². The Kier molecular flexibility index (Phi) is 4.40. The molecule has 146 valence electrons. The van der Waals surface area contributed by atoms with Gasteiger partial charge in [-0.1, -0.05) is 0 Å². The van der Waals surface area contributed by atoms with Crippen LogP contribution in [0, 0.1) is 0 Å². The number of aromatic nitrogens is 6. The fourth-order valence-electron chi connectivity index (χ4n) is 3.79. The maximum absolute atomic E-state index is 5.44. The van der Waals surface area contributed by atoms with E-state index in [0.29, 0.717) is 0 Å². The summed E-state index contributed by atoms with van der Waals surface area (Å²) in [6, 6.07) is 2.09. The Bertz CT molecular complexity index is 961. The molecule has 10 heteroatoms. The summed E-state index contributed by atoms with van der Waals surface area (Å²) in [6.07, 6.45) is 5.06. The van der Waals surface area contributed by atoms with Gasteiger partial charge < -0.3 is 24.0 Å². The lowest BCUT2D eigenvalue weighted by molar-refractivity contribution is 0.122. The normalized spacial score (nSPS) is 18.1. The number of hydrogen-bond acceptors (Lipinski definition) is 9. The summed E-state index contributed by atoms with van der Waals surface area (Å²) in [5, 5.41) is 0. The number of rotatable bonds is 3. The van der Waals surface area contributed by atoms with Crippen LogP contribution >= 0.6 is 0 Å². The van der Waals surface area contributed by atoms with Crippen LogP contribution in [-0.4, -0.2) is 82.0 Å². The van der Waals surface area contributed by atoms with Crippen LogP contribution in [0.3, 0.4) is 0 Å². The highest BCUT2D eigenvalue weighted by molar-refractivity contribution is 5.83. The van der Waals surface area contributed by atoms with Crippen molar-refractivity contribution in [1.82, 2.24) is 29.5 Å². The zero-order valence-corrected chi connectivity index (χ0v) is 15.9. The van der Waals surface area contributed by atoms with Crippen LogP contribution in [0.25, 0.3) is 11.2 Å². The summed E-state index contributed by atoms with van der Waals surface area (Å²) < 4.78 is 7.36. The van der Waals surface area contributed by atoms with Gasteiger partial charge in [-0.15, -0.1) is 0 Å². The Labute approximate surface area is 162 Å². The fourth-order valence-corrected chi connectivity index (χ4v) is 3.79. The van der Waals surface area contributed by atoms with Crippen LogP contribution in [0.1, 0.15) is 0 Å². The second-order valence-corrected chi connectivity index (χ2v) is 7.03. The molecule has 0 amide bonds. The Morgan fingerprint density at radius 3 is 2.14 bits per heavy atom. The molecule has 2 saturated heterocycles. The van der Waals surface area contributed by atoms with Crippen molar-refractivity contribution in [1.29, 1.82) is 0 Å². The van der Waals surface area contributed by atoms with E-state index in [1.165, 1.54) is 0 Å². The van der Waals surface area contributed by atoms with Gasteiger partial charge in [0.1, 0.15) is 24.3 Å². The highest BCUT2D eigenvalue weighted by atomic mass is 16.5. The quantitative estimate of drug-likeness (QED) is 0.636. The van der Waals surface area contributed by atoms with E-state index in [1.54, 1.807) is 19.0 Å². The number of morpholine rings is 1. The lowest BCUT2D eigenvalue weighted by Gasteiger charge is -2.36. The van der Waals surface area contributed by atoms with E-state index in [4.69, 9.17) is 4.74 Å². The summed E-state index contributed by atoms with van der Waals surface area (Å²) in [6.45, 7) is 6.71. The molecule has 2 aliphatic heterocycles. The molecule has 5 heterocycles. The number of anilines is 3. The third-order valence-electron chi connectivity index (χ3n) is 5.35. The van der Waals surface area contributed by atoms with Crippen molar-refractivity contribution in [3.05, 3.63) is 25.0 Å². The first-order valence-corrected chi connectivity index (χ1v) is 9.56. The minimum Gasteiger partial charge on any atom is -0.378 e. The molecule has 0 atom stereocenters. The molecule has 0 N–H and O–H groups in total. The third-order valence-corrected chi connectivity index (χ3v) is 5.35. The fraction of sp³-hybridized carbons (Fsp3) is 0.500. The van der Waals surface area contributed by atoms with Crippen LogP contribution < -0.4 is 14.7 Å². The smallest absolute Gasteiger partial charge is 0.165 e. The molecule has 3 aromatic heterocycles. The molecule has 2 aliphatic rings. The molecule has 0 spiro atoms. The van der Waals surface area contributed by atoms with Gasteiger partial charge in [-0.2, -0.15) is 0 Å². The van der Waals surface area contributed by atoms with E-state index >= 15 is 0 Å². The number of hydrogen-bond donors (Lipinski definition) is 0. The van der Waals surface area contributed by atoms with Gasteiger partial charge in [0.15, 0.2) is 17.0 Å². The lowest BCUT2D eigenvalue weighted by atomic mass is 10.3. The summed E-state index contributed by atoms with van der Waals surface area (Å²) in [4.78, 5) is 29.1. The van der Waals surface area contributed by atoms with Crippen LogP contribution in [0.4, 0.5) is 17.5 Å². The largest absolute Gasteiger partial charge is 0.378 e. The Morgan fingerprint density at radius 2 is 1.39 bits per heavy atom. The Morgan fingerprint density at radius 1 is 0.750 bits per heavy atom. The predicted molar refractivity (Wildman–Crippen MR) is 106 cm³/mol. The van der Waals surface area contributed by atoms with Gasteiger partial charge in [0.05, 0.1) is 19.5 Å². The van der Waals surface area contributed by atoms with Gasteiger partial charge in [0.2, 0.25) is 0 Å². The molecular formula is C18H23N9O. The first-order valence-electron chi connectivity index (χ1n) is 9.56. The lowest BCUT2D eigenvalue weighted by Crippen LogP contribution is -2.47. The van der Waals surface area contributed by atoms with Gasteiger partial charge >= 0.3 is 0 Å². The molecule has 0 bridgehead atoms. The van der Waals surface area contributed by atoms with Gasteiger partial charge in [-0.05, 0) is 0 Å². The van der Waals surface area contributed by atoms with E-state index in [9.17, 15) is 0 Å². The van der Waals surface area contributed by atoms with E-state index in [0.717, 1.165) is 81.1 Å². The zero-order valence-electron chi connectivity index (χ0n) is 15.9. The van der Waals surface area contributed by atoms with Gasteiger partial charge in [0, 0.05) is 52.4 Å². The zero-order chi connectivity index (χ0) is 18.9. The SMILES string of the molecule is Cn1cnc2c(N3CCN(c4cc(N5CCOCC5)ncn4)CC3)ncnc21. The van der Waals surface area contributed by atoms with Gasteiger partial charge in [-0.3, -0.25) is 0 Å². The molecule has 0 aliphatic carbocycles. The molecule has 10 nitrogen and oxygen atoms in total. The van der Waals surface area contributed by atoms with Crippen molar-refractivity contribution in [2.24, 2.45) is 7.05 Å². The predicted octanol–water partition coefficient (Wildman–Crippen LogP) is 0.317. The molecular weight excluding hydrogens is 358 g/mol. The molecule has 0 radical (unpaired) electrons. The van der Waals surface area contributed by atoms with E-state index in [2.05, 4.69) is 45.7 Å².